The lowest BCUT2D eigenvalue weighted by Gasteiger charge is -2.19. The van der Waals surface area contributed by atoms with Crippen LogP contribution in [0.4, 0.5) is 0 Å². The second kappa shape index (κ2) is 7.28. The van der Waals surface area contributed by atoms with E-state index < -0.39 is 0 Å². The van der Waals surface area contributed by atoms with Gasteiger partial charge in [0.15, 0.2) is 5.78 Å². The van der Waals surface area contributed by atoms with Crippen molar-refractivity contribution in [2.45, 2.75) is 36.0 Å². The molecule has 25 heavy (non-hydrogen) atoms. The molecule has 3 aromatic carbocycles. The SMILES string of the molecule is CC(C)(C)c1ccc(C(=O)c2ccc(Sc3ccccc3)cc2)cc1. The van der Waals surface area contributed by atoms with Crippen molar-refractivity contribution in [3.63, 3.8) is 0 Å². The zero-order valence-corrected chi connectivity index (χ0v) is 15.6. The Hall–Kier alpha value is -2.32. The molecule has 0 N–H and O–H groups in total. The van der Waals surface area contributed by atoms with Crippen molar-refractivity contribution >= 4 is 17.5 Å². The molecule has 0 radical (unpaired) electrons. The average Bonchev–Trinajstić information content (AvgIpc) is 2.62. The van der Waals surface area contributed by atoms with Gasteiger partial charge in [-0.2, -0.15) is 0 Å². The van der Waals surface area contributed by atoms with E-state index in [4.69, 9.17) is 0 Å². The van der Waals surface area contributed by atoms with Gasteiger partial charge < -0.3 is 0 Å². The lowest BCUT2D eigenvalue weighted by Crippen LogP contribution is -2.11. The van der Waals surface area contributed by atoms with Gasteiger partial charge in [0.2, 0.25) is 0 Å². The number of carbonyl (C=O) groups is 1. The van der Waals surface area contributed by atoms with E-state index in [-0.39, 0.29) is 11.2 Å². The van der Waals surface area contributed by atoms with E-state index in [0.29, 0.717) is 0 Å². The smallest absolute Gasteiger partial charge is 0.193 e. The van der Waals surface area contributed by atoms with Crippen molar-refractivity contribution in [3.8, 4) is 0 Å². The fraction of sp³-hybridized carbons (Fsp3) is 0.174. The third-order valence-electron chi connectivity index (χ3n) is 4.11. The summed E-state index contributed by atoms with van der Waals surface area (Å²) in [5.41, 5.74) is 2.79. The number of carbonyl (C=O) groups excluding carboxylic acids is 1. The van der Waals surface area contributed by atoms with Crippen molar-refractivity contribution in [2.75, 3.05) is 0 Å². The molecule has 0 aromatic heterocycles. The van der Waals surface area contributed by atoms with Crippen LogP contribution >= 0.6 is 11.8 Å². The van der Waals surface area contributed by atoms with E-state index in [2.05, 4.69) is 32.9 Å². The Labute approximate surface area is 154 Å². The monoisotopic (exact) mass is 346 g/mol. The van der Waals surface area contributed by atoms with Gasteiger partial charge in [-0.25, -0.2) is 0 Å². The Kier molecular flexibility index (Phi) is 5.10. The molecule has 0 saturated heterocycles. The van der Waals surface area contributed by atoms with Crippen molar-refractivity contribution in [3.05, 3.63) is 95.6 Å². The number of ketones is 1. The first kappa shape index (κ1) is 17.5. The molecule has 0 bridgehead atoms. The summed E-state index contributed by atoms with van der Waals surface area (Å²) in [5, 5.41) is 0. The summed E-state index contributed by atoms with van der Waals surface area (Å²) in [7, 11) is 0. The Morgan fingerprint density at radius 1 is 0.680 bits per heavy atom. The fourth-order valence-electron chi connectivity index (χ4n) is 2.59. The van der Waals surface area contributed by atoms with Gasteiger partial charge in [0.25, 0.3) is 0 Å². The van der Waals surface area contributed by atoms with Crippen LogP contribution in [0.2, 0.25) is 0 Å². The van der Waals surface area contributed by atoms with Crippen LogP contribution in [-0.4, -0.2) is 5.78 Å². The first-order valence-electron chi connectivity index (χ1n) is 8.42. The molecule has 0 heterocycles. The molecule has 0 saturated carbocycles. The summed E-state index contributed by atoms with van der Waals surface area (Å²) in [4.78, 5) is 15.0. The van der Waals surface area contributed by atoms with Crippen molar-refractivity contribution < 1.29 is 4.79 Å². The molecule has 0 amide bonds. The fourth-order valence-corrected chi connectivity index (χ4v) is 3.42. The zero-order valence-electron chi connectivity index (χ0n) is 14.8. The highest BCUT2D eigenvalue weighted by atomic mass is 32.2. The summed E-state index contributed by atoms with van der Waals surface area (Å²) in [5.74, 6) is 0.0664. The maximum Gasteiger partial charge on any atom is 0.193 e. The molecule has 1 nitrogen and oxygen atoms in total. The third-order valence-corrected chi connectivity index (χ3v) is 5.12. The first-order chi connectivity index (χ1) is 11.9. The quantitative estimate of drug-likeness (QED) is 0.511. The number of rotatable bonds is 4. The third kappa shape index (κ3) is 4.40. The van der Waals surface area contributed by atoms with Gasteiger partial charge in [-0.15, -0.1) is 0 Å². The molecule has 0 atom stereocenters. The van der Waals surface area contributed by atoms with Crippen LogP contribution in [0.5, 0.6) is 0 Å². The largest absolute Gasteiger partial charge is 0.289 e. The van der Waals surface area contributed by atoms with E-state index in [1.165, 1.54) is 10.5 Å². The van der Waals surface area contributed by atoms with E-state index in [0.717, 1.165) is 16.0 Å². The number of hydrogen-bond acceptors (Lipinski definition) is 2. The van der Waals surface area contributed by atoms with Gasteiger partial charge in [-0.3, -0.25) is 4.79 Å². The molecule has 2 heteroatoms. The molecule has 0 spiro atoms. The van der Waals surface area contributed by atoms with Crippen LogP contribution in [0.25, 0.3) is 0 Å². The Bertz CT molecular complexity index is 841. The number of hydrogen-bond donors (Lipinski definition) is 0. The maximum atomic E-state index is 12.7. The van der Waals surface area contributed by atoms with Crippen LogP contribution in [0.3, 0.4) is 0 Å². The number of benzene rings is 3. The second-order valence-electron chi connectivity index (χ2n) is 7.10. The van der Waals surface area contributed by atoms with E-state index >= 15 is 0 Å². The molecule has 3 aromatic rings. The average molecular weight is 346 g/mol. The summed E-state index contributed by atoms with van der Waals surface area (Å²) in [6, 6.07) is 26.0. The molecular weight excluding hydrogens is 324 g/mol. The van der Waals surface area contributed by atoms with Crippen LogP contribution in [0, 0.1) is 0 Å². The van der Waals surface area contributed by atoms with Gasteiger partial charge in [-0.05, 0) is 47.4 Å². The summed E-state index contributed by atoms with van der Waals surface area (Å²) >= 11 is 1.70. The van der Waals surface area contributed by atoms with Crippen molar-refractivity contribution in [1.29, 1.82) is 0 Å². The van der Waals surface area contributed by atoms with Crippen molar-refractivity contribution in [1.82, 2.24) is 0 Å². The minimum Gasteiger partial charge on any atom is -0.289 e. The van der Waals surface area contributed by atoms with Gasteiger partial charge in [0.05, 0.1) is 0 Å². The summed E-state index contributed by atoms with van der Waals surface area (Å²) < 4.78 is 0. The highest BCUT2D eigenvalue weighted by molar-refractivity contribution is 7.99. The maximum absolute atomic E-state index is 12.7. The lowest BCUT2D eigenvalue weighted by atomic mass is 9.86. The molecule has 0 unspecified atom stereocenters. The molecular formula is C23H22OS. The lowest BCUT2D eigenvalue weighted by molar-refractivity contribution is 0.103. The van der Waals surface area contributed by atoms with Gasteiger partial charge >= 0.3 is 0 Å². The Morgan fingerprint density at radius 3 is 1.68 bits per heavy atom. The predicted molar refractivity (Wildman–Crippen MR) is 106 cm³/mol. The normalized spacial score (nSPS) is 11.3. The molecule has 3 rings (SSSR count). The predicted octanol–water partition coefficient (Wildman–Crippen LogP) is 6.37. The molecule has 0 aliphatic rings. The second-order valence-corrected chi connectivity index (χ2v) is 8.24. The first-order valence-corrected chi connectivity index (χ1v) is 9.23. The molecule has 0 aliphatic carbocycles. The van der Waals surface area contributed by atoms with Gasteiger partial charge in [0.1, 0.15) is 0 Å². The Balaban J connectivity index is 1.74. The highest BCUT2D eigenvalue weighted by Crippen LogP contribution is 2.28. The summed E-state index contributed by atoms with van der Waals surface area (Å²) in [6.45, 7) is 6.52. The molecule has 0 aliphatic heterocycles. The van der Waals surface area contributed by atoms with Gasteiger partial charge in [0, 0.05) is 20.9 Å². The minimum atomic E-state index is 0.0664. The zero-order chi connectivity index (χ0) is 17.9. The van der Waals surface area contributed by atoms with Crippen LogP contribution in [-0.2, 0) is 5.41 Å². The molecule has 0 fully saturated rings. The highest BCUT2D eigenvalue weighted by Gasteiger charge is 2.15. The van der Waals surface area contributed by atoms with E-state index in [9.17, 15) is 4.79 Å². The topological polar surface area (TPSA) is 17.1 Å². The molecule has 126 valence electrons. The van der Waals surface area contributed by atoms with Crippen LogP contribution in [0.1, 0.15) is 42.3 Å². The van der Waals surface area contributed by atoms with E-state index in [1.54, 1.807) is 11.8 Å². The van der Waals surface area contributed by atoms with Crippen molar-refractivity contribution in [2.24, 2.45) is 0 Å². The van der Waals surface area contributed by atoms with Crippen LogP contribution in [0.15, 0.2) is 88.7 Å². The van der Waals surface area contributed by atoms with Gasteiger partial charge in [-0.1, -0.05) is 75.0 Å². The van der Waals surface area contributed by atoms with E-state index in [1.807, 2.05) is 66.7 Å². The minimum absolute atomic E-state index is 0.0664. The standard InChI is InChI=1S/C23H22OS/c1-23(2,3)19-13-9-17(10-14-19)22(24)18-11-15-21(16-12-18)25-20-7-5-4-6-8-20/h4-16H,1-3H3. The van der Waals surface area contributed by atoms with Crippen LogP contribution < -0.4 is 0 Å². The Morgan fingerprint density at radius 2 is 1.16 bits per heavy atom. The summed E-state index contributed by atoms with van der Waals surface area (Å²) in [6.07, 6.45) is 0.